The average molecular weight is 529 g/mol. The zero-order chi connectivity index (χ0) is 27.3. The molecule has 8 heteroatoms. The first kappa shape index (κ1) is 32.5. The Morgan fingerprint density at radius 1 is 1.08 bits per heavy atom. The number of carbonyl (C=O) groups is 1. The molecule has 0 fully saturated rings. The van der Waals surface area contributed by atoms with E-state index in [9.17, 15) is 0 Å². The summed E-state index contributed by atoms with van der Waals surface area (Å²) in [5.41, 5.74) is 7.93. The maximum atomic E-state index is 8.66. The van der Waals surface area contributed by atoms with Gasteiger partial charge in [-0.2, -0.15) is 0 Å². The summed E-state index contributed by atoms with van der Waals surface area (Å²) in [4.78, 5) is 14.6. The van der Waals surface area contributed by atoms with Gasteiger partial charge in [-0.15, -0.1) is 18.2 Å². The summed E-state index contributed by atoms with van der Waals surface area (Å²) in [6.45, 7) is 11.6. The number of amides is 1. The van der Waals surface area contributed by atoms with Crippen LogP contribution in [0.2, 0.25) is 0 Å². The molecule has 36 heavy (non-hydrogen) atoms. The lowest BCUT2D eigenvalue weighted by molar-refractivity contribution is -0.106. The molecule has 0 aliphatic carbocycles. The molecule has 0 atom stereocenters. The van der Waals surface area contributed by atoms with Crippen molar-refractivity contribution in [2.45, 2.75) is 26.7 Å². The van der Waals surface area contributed by atoms with E-state index < -0.39 is 0 Å². The number of nitrogens with two attached hydrogens (primary N) is 1. The Balaban J connectivity index is 0.00000155. The van der Waals surface area contributed by atoms with Gasteiger partial charge in [0.2, 0.25) is 6.41 Å². The molecule has 1 heterocycles. The van der Waals surface area contributed by atoms with Gasteiger partial charge >= 0.3 is 0 Å². The normalized spacial score (nSPS) is 10.6. The van der Waals surface area contributed by atoms with Crippen LogP contribution in [0.5, 0.6) is 0 Å². The predicted octanol–water partition coefficient (Wildman–Crippen LogP) is 6.28. The van der Waals surface area contributed by atoms with Crippen LogP contribution in [-0.2, 0) is 17.6 Å². The number of primary amides is 1. The summed E-state index contributed by atoms with van der Waals surface area (Å²) in [6, 6.07) is 15.4. The third kappa shape index (κ3) is 15.4. The van der Waals surface area contributed by atoms with Crippen molar-refractivity contribution in [3.63, 3.8) is 0 Å². The highest BCUT2D eigenvalue weighted by Gasteiger charge is 2.18. The van der Waals surface area contributed by atoms with Crippen LogP contribution >= 0.6 is 23.2 Å². The van der Waals surface area contributed by atoms with Gasteiger partial charge in [0.15, 0.2) is 0 Å². The fraction of sp³-hybridized carbons (Fsp3) is 0.214. The summed E-state index contributed by atoms with van der Waals surface area (Å²) in [5.74, 6) is 0.806. The minimum atomic E-state index is 0.197. The number of nitrogens with zero attached hydrogens (tertiary/aromatic N) is 2. The number of alkyl halides is 1. The molecule has 2 rings (SSSR count). The molecule has 0 radical (unpaired) electrons. The number of nitrogens with one attached hydrogen (secondary N) is 2. The molecule has 0 aliphatic heterocycles. The van der Waals surface area contributed by atoms with Gasteiger partial charge in [-0.1, -0.05) is 72.3 Å². The van der Waals surface area contributed by atoms with Gasteiger partial charge < -0.3 is 10.6 Å². The van der Waals surface area contributed by atoms with Gasteiger partial charge in [-0.25, -0.2) is 0 Å². The second-order valence-corrected chi connectivity index (χ2v) is 8.44. The SMILES string of the molecule is C=C(C)C.C=C/C=C(\C=C(\Cl)CCl)CN(C(=N)Cc1ccccc1)C(=N)Cc1ccccn1.NC=O. The molecule has 0 aliphatic rings. The Labute approximate surface area is 224 Å². The number of halogens is 2. The molecule has 0 bridgehead atoms. The Bertz CT molecular complexity index is 977. The molecule has 192 valence electrons. The number of carbonyl (C=O) groups excluding carboxylic acids is 1. The number of hydrogen-bond donors (Lipinski definition) is 3. The molecule has 0 spiro atoms. The molecular weight excluding hydrogens is 493 g/mol. The van der Waals surface area contributed by atoms with Crippen molar-refractivity contribution < 1.29 is 4.79 Å². The van der Waals surface area contributed by atoms with E-state index in [1.807, 2.05) is 68.5 Å². The third-order valence-electron chi connectivity index (χ3n) is 4.08. The highest BCUT2D eigenvalue weighted by atomic mass is 35.5. The standard InChI is InChI=1S/C23H24Cl2N4.C4H8.CH3NO/c1-2-8-19(13-20(25)16-24)17-29(22(26)14-18-9-4-3-5-10-18)23(27)15-21-11-6-7-12-28-21;1-4(2)3;2-1-3/h2-13,26-27H,1,14-17H2;1H2,2-3H3;1H,(H2,2,3)/b19-8+,20-13+,26-22?,27-23?;;. The summed E-state index contributed by atoms with van der Waals surface area (Å²) >= 11 is 11.9. The Morgan fingerprint density at radius 2 is 1.64 bits per heavy atom. The van der Waals surface area contributed by atoms with Crippen LogP contribution in [0.25, 0.3) is 0 Å². The van der Waals surface area contributed by atoms with E-state index in [4.69, 9.17) is 38.8 Å². The summed E-state index contributed by atoms with van der Waals surface area (Å²) in [7, 11) is 0. The lowest BCUT2D eigenvalue weighted by atomic mass is 10.1. The van der Waals surface area contributed by atoms with Crippen LogP contribution in [0.1, 0.15) is 25.1 Å². The molecule has 1 amide bonds. The van der Waals surface area contributed by atoms with Crippen molar-refractivity contribution in [1.82, 2.24) is 9.88 Å². The molecule has 6 nitrogen and oxygen atoms in total. The van der Waals surface area contributed by atoms with Crippen LogP contribution in [-0.4, -0.2) is 40.4 Å². The first-order valence-electron chi connectivity index (χ1n) is 11.1. The van der Waals surface area contributed by atoms with Crippen molar-refractivity contribution in [2.24, 2.45) is 5.73 Å². The zero-order valence-corrected chi connectivity index (χ0v) is 22.4. The molecule has 1 aromatic carbocycles. The van der Waals surface area contributed by atoms with Crippen LogP contribution < -0.4 is 5.73 Å². The number of rotatable bonds is 9. The lowest BCUT2D eigenvalue weighted by Gasteiger charge is -2.26. The number of amidine groups is 2. The van der Waals surface area contributed by atoms with Gasteiger partial charge in [0, 0.05) is 29.8 Å². The maximum Gasteiger partial charge on any atom is 0.204 e. The molecular formula is C28H35Cl2N5O. The molecule has 0 saturated carbocycles. The Morgan fingerprint density at radius 3 is 2.14 bits per heavy atom. The Kier molecular flexibility index (Phi) is 17.9. The number of benzene rings is 1. The predicted molar refractivity (Wildman–Crippen MR) is 154 cm³/mol. The van der Waals surface area contributed by atoms with Crippen molar-refractivity contribution in [3.05, 3.63) is 114 Å². The molecule has 0 unspecified atom stereocenters. The van der Waals surface area contributed by atoms with E-state index in [1.165, 1.54) is 5.57 Å². The summed E-state index contributed by atoms with van der Waals surface area (Å²) in [5, 5.41) is 17.8. The lowest BCUT2D eigenvalue weighted by Crippen LogP contribution is -2.39. The van der Waals surface area contributed by atoms with E-state index >= 15 is 0 Å². The largest absolute Gasteiger partial charge is 0.372 e. The second kappa shape index (κ2) is 19.8. The van der Waals surface area contributed by atoms with Crippen molar-refractivity contribution in [1.29, 1.82) is 10.8 Å². The molecule has 0 saturated heterocycles. The van der Waals surface area contributed by atoms with Crippen LogP contribution in [0, 0.1) is 10.8 Å². The van der Waals surface area contributed by atoms with Crippen LogP contribution in [0.15, 0.2) is 102 Å². The number of pyridine rings is 1. The third-order valence-corrected chi connectivity index (χ3v) is 4.75. The monoisotopic (exact) mass is 527 g/mol. The number of allylic oxidation sites excluding steroid dienone is 4. The fourth-order valence-electron chi connectivity index (χ4n) is 2.73. The zero-order valence-electron chi connectivity index (χ0n) is 20.9. The van der Waals surface area contributed by atoms with Crippen molar-refractivity contribution in [2.75, 3.05) is 12.4 Å². The van der Waals surface area contributed by atoms with Crippen LogP contribution in [0.3, 0.4) is 0 Å². The van der Waals surface area contributed by atoms with Gasteiger partial charge in [-0.3, -0.25) is 20.6 Å². The molecule has 1 aromatic heterocycles. The van der Waals surface area contributed by atoms with E-state index in [2.05, 4.69) is 23.9 Å². The first-order chi connectivity index (χ1) is 17.2. The van der Waals surface area contributed by atoms with Gasteiger partial charge in [0.1, 0.15) is 11.7 Å². The quantitative estimate of drug-likeness (QED) is 0.0890. The van der Waals surface area contributed by atoms with Crippen LogP contribution in [0.4, 0.5) is 0 Å². The maximum absolute atomic E-state index is 8.66. The van der Waals surface area contributed by atoms with E-state index in [1.54, 1.807) is 23.2 Å². The summed E-state index contributed by atoms with van der Waals surface area (Å²) < 4.78 is 0. The average Bonchev–Trinajstić information content (AvgIpc) is 2.83. The molecule has 2 aromatic rings. The van der Waals surface area contributed by atoms with Crippen molar-refractivity contribution >= 4 is 41.3 Å². The van der Waals surface area contributed by atoms with E-state index in [-0.39, 0.29) is 18.1 Å². The molecule has 4 N–H and O–H groups in total. The highest BCUT2D eigenvalue weighted by molar-refractivity contribution is 6.35. The van der Waals surface area contributed by atoms with Crippen molar-refractivity contribution in [3.8, 4) is 0 Å². The topological polar surface area (TPSA) is 107 Å². The number of aromatic nitrogens is 1. The highest BCUT2D eigenvalue weighted by Crippen LogP contribution is 2.14. The fourth-order valence-corrected chi connectivity index (χ4v) is 2.95. The number of hydrogen-bond acceptors (Lipinski definition) is 4. The minimum absolute atomic E-state index is 0.197. The minimum Gasteiger partial charge on any atom is -0.372 e. The van der Waals surface area contributed by atoms with E-state index in [0.29, 0.717) is 30.3 Å². The van der Waals surface area contributed by atoms with Gasteiger partial charge in [0.25, 0.3) is 0 Å². The Hall–Kier alpha value is -3.48. The summed E-state index contributed by atoms with van der Waals surface area (Å²) in [6.07, 6.45) is 7.92. The smallest absolute Gasteiger partial charge is 0.204 e. The van der Waals surface area contributed by atoms with Gasteiger partial charge in [0.05, 0.1) is 12.4 Å². The second-order valence-electron chi connectivity index (χ2n) is 7.69. The first-order valence-corrected chi connectivity index (χ1v) is 12.0. The van der Waals surface area contributed by atoms with Gasteiger partial charge in [-0.05, 0) is 43.2 Å². The van der Waals surface area contributed by atoms with E-state index in [0.717, 1.165) is 16.8 Å².